The summed E-state index contributed by atoms with van der Waals surface area (Å²) in [6, 6.07) is 0. The van der Waals surface area contributed by atoms with Gasteiger partial charge in [-0.05, 0) is 31.1 Å². The molecule has 3 fully saturated rings. The molecule has 0 heterocycles. The minimum Gasteiger partial charge on any atom is -0.119 e. The Morgan fingerprint density at radius 3 is 2.53 bits per heavy atom. The van der Waals surface area contributed by atoms with Crippen molar-refractivity contribution in [1.82, 2.24) is 0 Å². The number of terminal acetylenes is 1. The highest BCUT2D eigenvalue weighted by Crippen LogP contribution is 2.97. The van der Waals surface area contributed by atoms with E-state index in [1.54, 1.807) is 0 Å². The SMILES string of the molecule is C#CC12C3CCCC1C32C#CCCCC. The molecule has 0 bridgehead atoms. The molecule has 15 heavy (non-hydrogen) atoms. The Hall–Kier alpha value is -0.880. The summed E-state index contributed by atoms with van der Waals surface area (Å²) in [6.07, 6.45) is 13.3. The topological polar surface area (TPSA) is 0 Å². The molecule has 0 N–H and O–H groups in total. The molecule has 2 unspecified atom stereocenters. The lowest BCUT2D eigenvalue weighted by molar-refractivity contribution is 0.282. The van der Waals surface area contributed by atoms with E-state index in [9.17, 15) is 0 Å². The minimum absolute atomic E-state index is 0.268. The second-order valence-corrected chi connectivity index (χ2v) is 5.32. The van der Waals surface area contributed by atoms with Crippen molar-refractivity contribution in [1.29, 1.82) is 0 Å². The second-order valence-electron chi connectivity index (χ2n) is 5.32. The molecule has 0 aromatic rings. The summed E-state index contributed by atoms with van der Waals surface area (Å²) in [5, 5.41) is 0. The third-order valence-electron chi connectivity index (χ3n) is 4.89. The highest BCUT2D eigenvalue weighted by molar-refractivity contribution is 5.58. The second kappa shape index (κ2) is 2.82. The van der Waals surface area contributed by atoms with Crippen LogP contribution in [0, 0.1) is 46.9 Å². The lowest BCUT2D eigenvalue weighted by Crippen LogP contribution is -2.18. The normalized spacial score (nSPS) is 48.3. The average molecular weight is 198 g/mol. The third-order valence-corrected chi connectivity index (χ3v) is 4.89. The number of fused-ring (bicyclic) bond motifs is 2. The predicted octanol–water partition coefficient (Wildman–Crippen LogP) is 3.23. The van der Waals surface area contributed by atoms with E-state index in [1.165, 1.54) is 32.1 Å². The zero-order valence-corrected chi connectivity index (χ0v) is 9.47. The molecule has 2 atom stereocenters. The third kappa shape index (κ3) is 0.833. The molecule has 78 valence electrons. The van der Waals surface area contributed by atoms with Crippen LogP contribution < -0.4 is 0 Å². The number of rotatable bonds is 2. The van der Waals surface area contributed by atoms with Crippen molar-refractivity contribution in [2.75, 3.05) is 0 Å². The fourth-order valence-electron chi connectivity index (χ4n) is 4.10. The van der Waals surface area contributed by atoms with E-state index in [0.29, 0.717) is 5.41 Å². The first-order chi connectivity index (χ1) is 7.34. The smallest absolute Gasteiger partial charge is 0.0572 e. The molecular weight excluding hydrogens is 180 g/mol. The molecule has 0 aromatic heterocycles. The zero-order chi connectivity index (χ0) is 10.5. The number of hydrogen-bond donors (Lipinski definition) is 0. The van der Waals surface area contributed by atoms with Crippen molar-refractivity contribution in [3.63, 3.8) is 0 Å². The van der Waals surface area contributed by atoms with Gasteiger partial charge in [0.05, 0.1) is 10.8 Å². The lowest BCUT2D eigenvalue weighted by Gasteiger charge is -2.23. The van der Waals surface area contributed by atoms with Gasteiger partial charge in [-0.15, -0.1) is 12.3 Å². The van der Waals surface area contributed by atoms with Crippen LogP contribution in [0.3, 0.4) is 0 Å². The van der Waals surface area contributed by atoms with E-state index >= 15 is 0 Å². The fraction of sp³-hybridized carbons (Fsp3) is 0.733. The van der Waals surface area contributed by atoms with Crippen LogP contribution in [-0.4, -0.2) is 0 Å². The van der Waals surface area contributed by atoms with Crippen LogP contribution in [0.5, 0.6) is 0 Å². The Kier molecular flexibility index (Phi) is 1.76. The van der Waals surface area contributed by atoms with Gasteiger partial charge in [0.15, 0.2) is 0 Å². The summed E-state index contributed by atoms with van der Waals surface area (Å²) in [5.41, 5.74) is 0.595. The van der Waals surface area contributed by atoms with Gasteiger partial charge >= 0.3 is 0 Å². The summed E-state index contributed by atoms with van der Waals surface area (Å²) < 4.78 is 0. The average Bonchev–Trinajstić information content (AvgIpc) is 3.11. The van der Waals surface area contributed by atoms with Crippen LogP contribution in [0.4, 0.5) is 0 Å². The van der Waals surface area contributed by atoms with Crippen molar-refractivity contribution < 1.29 is 0 Å². The van der Waals surface area contributed by atoms with Crippen LogP contribution in [-0.2, 0) is 0 Å². The van der Waals surface area contributed by atoms with Gasteiger partial charge in [0.25, 0.3) is 0 Å². The summed E-state index contributed by atoms with van der Waals surface area (Å²) in [4.78, 5) is 0. The van der Waals surface area contributed by atoms with Crippen molar-refractivity contribution in [3.8, 4) is 24.2 Å². The van der Waals surface area contributed by atoms with Gasteiger partial charge in [0, 0.05) is 6.42 Å². The van der Waals surface area contributed by atoms with Crippen molar-refractivity contribution in [2.45, 2.75) is 45.4 Å². The van der Waals surface area contributed by atoms with Crippen LogP contribution in [0.1, 0.15) is 45.4 Å². The first-order valence-electron chi connectivity index (χ1n) is 6.32. The zero-order valence-electron chi connectivity index (χ0n) is 9.47. The van der Waals surface area contributed by atoms with E-state index in [0.717, 1.165) is 18.3 Å². The van der Waals surface area contributed by atoms with Crippen molar-refractivity contribution >= 4 is 0 Å². The Labute approximate surface area is 92.8 Å². The summed E-state index contributed by atoms with van der Waals surface area (Å²) in [6.45, 7) is 2.22. The van der Waals surface area contributed by atoms with E-state index < -0.39 is 0 Å². The van der Waals surface area contributed by atoms with Gasteiger partial charge in [0.1, 0.15) is 0 Å². The van der Waals surface area contributed by atoms with E-state index in [2.05, 4.69) is 24.7 Å². The number of hydrogen-bond acceptors (Lipinski definition) is 0. The van der Waals surface area contributed by atoms with Gasteiger partial charge in [0.2, 0.25) is 0 Å². The van der Waals surface area contributed by atoms with Crippen LogP contribution in [0.2, 0.25) is 0 Å². The van der Waals surface area contributed by atoms with Gasteiger partial charge in [-0.3, -0.25) is 0 Å². The Morgan fingerprint density at radius 2 is 2.00 bits per heavy atom. The summed E-state index contributed by atoms with van der Waals surface area (Å²) >= 11 is 0. The highest BCUT2D eigenvalue weighted by atomic mass is 15.0. The molecule has 0 aliphatic heterocycles. The molecule has 3 aliphatic carbocycles. The molecule has 0 saturated heterocycles. The van der Waals surface area contributed by atoms with Crippen molar-refractivity contribution in [3.05, 3.63) is 0 Å². The fourth-order valence-corrected chi connectivity index (χ4v) is 4.10. The first-order valence-corrected chi connectivity index (χ1v) is 6.32. The Bertz CT molecular complexity index is 372. The minimum atomic E-state index is 0.268. The van der Waals surface area contributed by atoms with Gasteiger partial charge < -0.3 is 0 Å². The quantitative estimate of drug-likeness (QED) is 0.472. The van der Waals surface area contributed by atoms with Gasteiger partial charge in [-0.2, -0.15) is 0 Å². The molecular formula is C15H18. The summed E-state index contributed by atoms with van der Waals surface area (Å²) in [5.74, 6) is 11.5. The molecule has 3 aliphatic rings. The van der Waals surface area contributed by atoms with E-state index in [-0.39, 0.29) is 5.41 Å². The number of unbranched alkanes of at least 4 members (excludes halogenated alkanes) is 2. The molecule has 0 heteroatoms. The molecule has 0 spiro atoms. The monoisotopic (exact) mass is 198 g/mol. The molecule has 0 aromatic carbocycles. The van der Waals surface area contributed by atoms with E-state index in [4.69, 9.17) is 6.42 Å². The molecule has 0 radical (unpaired) electrons. The molecule has 0 nitrogen and oxygen atoms in total. The van der Waals surface area contributed by atoms with Gasteiger partial charge in [-0.1, -0.05) is 31.6 Å². The Morgan fingerprint density at radius 1 is 1.27 bits per heavy atom. The molecule has 3 rings (SSSR count). The maximum atomic E-state index is 5.70. The van der Waals surface area contributed by atoms with Crippen LogP contribution >= 0.6 is 0 Å². The Balaban J connectivity index is 1.73. The predicted molar refractivity (Wildman–Crippen MR) is 61.8 cm³/mol. The largest absolute Gasteiger partial charge is 0.119 e. The maximum absolute atomic E-state index is 5.70. The molecule has 0 amide bonds. The van der Waals surface area contributed by atoms with Crippen LogP contribution in [0.15, 0.2) is 0 Å². The van der Waals surface area contributed by atoms with Crippen molar-refractivity contribution in [2.24, 2.45) is 22.7 Å². The van der Waals surface area contributed by atoms with E-state index in [1.807, 2.05) is 0 Å². The first kappa shape index (κ1) is 9.35. The van der Waals surface area contributed by atoms with Gasteiger partial charge in [-0.25, -0.2) is 0 Å². The lowest BCUT2D eigenvalue weighted by atomic mass is 9.79. The van der Waals surface area contributed by atoms with Crippen LogP contribution in [0.25, 0.3) is 0 Å². The molecule has 3 saturated carbocycles. The maximum Gasteiger partial charge on any atom is 0.0572 e. The summed E-state index contributed by atoms with van der Waals surface area (Å²) in [7, 11) is 0. The standard InChI is InChI=1S/C15H18/c1-3-5-6-7-11-15-12-9-8-10-13(15)14(12,15)4-2/h2,12-13H,3,5-6,8-10H2,1H3. The highest BCUT2D eigenvalue weighted by Gasteiger charge is 2.97.